The second-order valence-corrected chi connectivity index (χ2v) is 8.87. The molecule has 1 saturated heterocycles. The minimum atomic E-state index is -0.0789. The Hall–Kier alpha value is -2.70. The maximum Gasteiger partial charge on any atom is 0.253 e. The third kappa shape index (κ3) is 5.14. The van der Waals surface area contributed by atoms with E-state index in [0.29, 0.717) is 23.8 Å². The molecule has 2 N–H and O–H groups in total. The SMILES string of the molecule is Cc1ccc(NC(=S)N(Cc2cc3ccc(C)cc3[nH]c2=O)CC2CCCO2)c(C)c1. The highest BCUT2D eigenvalue weighted by molar-refractivity contribution is 7.80. The van der Waals surface area contributed by atoms with E-state index in [4.69, 9.17) is 17.0 Å². The summed E-state index contributed by atoms with van der Waals surface area (Å²) in [7, 11) is 0. The highest BCUT2D eigenvalue weighted by Crippen LogP contribution is 2.20. The number of hydrogen-bond donors (Lipinski definition) is 2. The van der Waals surface area contributed by atoms with Crippen LogP contribution in [-0.4, -0.2) is 34.3 Å². The Bertz CT molecular complexity index is 1170. The molecule has 0 spiro atoms. The summed E-state index contributed by atoms with van der Waals surface area (Å²) >= 11 is 5.79. The van der Waals surface area contributed by atoms with Crippen LogP contribution in [0.3, 0.4) is 0 Å². The summed E-state index contributed by atoms with van der Waals surface area (Å²) in [6, 6.07) is 14.3. The maximum absolute atomic E-state index is 12.8. The van der Waals surface area contributed by atoms with Crippen molar-refractivity contribution >= 4 is 33.9 Å². The average Bonchev–Trinajstić information content (AvgIpc) is 3.23. The van der Waals surface area contributed by atoms with E-state index in [1.807, 2.05) is 31.2 Å². The summed E-state index contributed by atoms with van der Waals surface area (Å²) in [5.41, 5.74) is 5.92. The number of rotatable bonds is 5. The lowest BCUT2D eigenvalue weighted by molar-refractivity contribution is 0.0904. The van der Waals surface area contributed by atoms with Gasteiger partial charge in [-0.1, -0.05) is 29.8 Å². The number of fused-ring (bicyclic) bond motifs is 1. The fourth-order valence-corrected chi connectivity index (χ4v) is 4.33. The van der Waals surface area contributed by atoms with E-state index in [1.165, 1.54) is 5.56 Å². The van der Waals surface area contributed by atoms with Gasteiger partial charge in [0, 0.05) is 29.9 Å². The van der Waals surface area contributed by atoms with Gasteiger partial charge in [-0.2, -0.15) is 0 Å². The molecule has 0 aliphatic carbocycles. The van der Waals surface area contributed by atoms with Crippen LogP contribution in [0.15, 0.2) is 47.3 Å². The van der Waals surface area contributed by atoms with Gasteiger partial charge in [-0.25, -0.2) is 0 Å². The molecule has 162 valence electrons. The van der Waals surface area contributed by atoms with E-state index in [1.54, 1.807) is 0 Å². The standard InChI is InChI=1S/C25H29N3O2S/c1-16-7-9-22(18(3)11-16)27-25(31)28(15-21-5-4-10-30-21)14-20-13-19-8-6-17(2)12-23(19)26-24(20)29/h6-9,11-13,21H,4-5,10,14-15H2,1-3H3,(H,26,29)(H,27,31). The van der Waals surface area contributed by atoms with Crippen molar-refractivity contribution in [1.29, 1.82) is 0 Å². The number of aryl methyl sites for hydroxylation is 3. The molecule has 0 saturated carbocycles. The molecule has 1 fully saturated rings. The number of ether oxygens (including phenoxy) is 1. The summed E-state index contributed by atoms with van der Waals surface area (Å²) in [6.07, 6.45) is 2.20. The molecule has 1 aromatic heterocycles. The largest absolute Gasteiger partial charge is 0.376 e. The molecule has 0 amide bonds. The van der Waals surface area contributed by atoms with Crippen LogP contribution in [0.5, 0.6) is 0 Å². The number of anilines is 1. The van der Waals surface area contributed by atoms with Crippen LogP contribution in [-0.2, 0) is 11.3 Å². The van der Waals surface area contributed by atoms with Gasteiger partial charge in [0.05, 0.1) is 12.6 Å². The normalized spacial score (nSPS) is 15.9. The third-order valence-electron chi connectivity index (χ3n) is 5.80. The lowest BCUT2D eigenvalue weighted by atomic mass is 10.1. The zero-order valence-corrected chi connectivity index (χ0v) is 19.1. The van der Waals surface area contributed by atoms with Gasteiger partial charge in [0.25, 0.3) is 5.56 Å². The van der Waals surface area contributed by atoms with Gasteiger partial charge in [0.15, 0.2) is 5.11 Å². The van der Waals surface area contributed by atoms with Crippen molar-refractivity contribution in [3.8, 4) is 0 Å². The average molecular weight is 436 g/mol. The predicted octanol–water partition coefficient (Wildman–Crippen LogP) is 4.83. The molecule has 1 aliphatic rings. The molecule has 3 aromatic rings. The van der Waals surface area contributed by atoms with E-state index in [-0.39, 0.29) is 11.7 Å². The van der Waals surface area contributed by atoms with Crippen LogP contribution in [0, 0.1) is 20.8 Å². The maximum atomic E-state index is 12.8. The molecular formula is C25H29N3O2S. The molecule has 0 radical (unpaired) electrons. The quantitative estimate of drug-likeness (QED) is 0.562. The van der Waals surface area contributed by atoms with Crippen LogP contribution in [0.25, 0.3) is 10.9 Å². The van der Waals surface area contributed by atoms with Crippen LogP contribution < -0.4 is 10.9 Å². The Morgan fingerprint density at radius 2 is 1.94 bits per heavy atom. The number of hydrogen-bond acceptors (Lipinski definition) is 3. The molecule has 0 bridgehead atoms. The molecule has 4 rings (SSSR count). The number of aromatic amines is 1. The van der Waals surface area contributed by atoms with E-state index in [9.17, 15) is 4.79 Å². The van der Waals surface area contributed by atoms with Crippen molar-refractivity contribution < 1.29 is 4.74 Å². The summed E-state index contributed by atoms with van der Waals surface area (Å²) in [6.45, 7) is 8.03. The topological polar surface area (TPSA) is 57.4 Å². The highest BCUT2D eigenvalue weighted by atomic mass is 32.1. The Morgan fingerprint density at radius 3 is 2.68 bits per heavy atom. The highest BCUT2D eigenvalue weighted by Gasteiger charge is 2.22. The molecule has 5 nitrogen and oxygen atoms in total. The fraction of sp³-hybridized carbons (Fsp3) is 0.360. The van der Waals surface area contributed by atoms with Crippen LogP contribution >= 0.6 is 12.2 Å². The van der Waals surface area contributed by atoms with Gasteiger partial charge in [-0.3, -0.25) is 4.79 Å². The van der Waals surface area contributed by atoms with Gasteiger partial charge in [-0.15, -0.1) is 0 Å². The van der Waals surface area contributed by atoms with E-state index in [0.717, 1.165) is 47.2 Å². The van der Waals surface area contributed by atoms with Crippen molar-refractivity contribution in [3.63, 3.8) is 0 Å². The molecule has 2 heterocycles. The van der Waals surface area contributed by atoms with Gasteiger partial charge in [0.1, 0.15) is 0 Å². The Kier molecular flexibility index (Phi) is 6.39. The molecule has 2 aromatic carbocycles. The van der Waals surface area contributed by atoms with Crippen LogP contribution in [0.2, 0.25) is 0 Å². The number of benzene rings is 2. The molecular weight excluding hydrogens is 406 g/mol. The smallest absolute Gasteiger partial charge is 0.253 e. The fourth-order valence-electron chi connectivity index (χ4n) is 4.08. The second-order valence-electron chi connectivity index (χ2n) is 8.48. The molecule has 1 aliphatic heterocycles. The van der Waals surface area contributed by atoms with Gasteiger partial charge < -0.3 is 19.9 Å². The Balaban J connectivity index is 1.60. The second kappa shape index (κ2) is 9.20. The van der Waals surface area contributed by atoms with Crippen molar-refractivity contribution in [2.24, 2.45) is 0 Å². The molecule has 31 heavy (non-hydrogen) atoms. The number of nitrogens with one attached hydrogen (secondary N) is 2. The molecule has 1 unspecified atom stereocenters. The minimum Gasteiger partial charge on any atom is -0.376 e. The first kappa shape index (κ1) is 21.5. The van der Waals surface area contributed by atoms with Crippen molar-refractivity contribution in [2.45, 2.75) is 46.3 Å². The molecule has 6 heteroatoms. The van der Waals surface area contributed by atoms with Gasteiger partial charge in [0.2, 0.25) is 0 Å². The first-order chi connectivity index (χ1) is 14.9. The first-order valence-corrected chi connectivity index (χ1v) is 11.2. The number of H-pyrrole nitrogens is 1. The van der Waals surface area contributed by atoms with Gasteiger partial charge in [-0.05, 0) is 80.5 Å². The predicted molar refractivity (Wildman–Crippen MR) is 131 cm³/mol. The van der Waals surface area contributed by atoms with Crippen molar-refractivity contribution in [3.05, 3.63) is 75.1 Å². The zero-order chi connectivity index (χ0) is 22.0. The lowest BCUT2D eigenvalue weighted by Crippen LogP contribution is -2.40. The number of thiocarbonyl (C=S) groups is 1. The van der Waals surface area contributed by atoms with E-state index in [2.05, 4.69) is 47.2 Å². The zero-order valence-electron chi connectivity index (χ0n) is 18.3. The van der Waals surface area contributed by atoms with Crippen LogP contribution in [0.1, 0.15) is 35.1 Å². The minimum absolute atomic E-state index is 0.0789. The Labute approximate surface area is 188 Å². The monoisotopic (exact) mass is 435 g/mol. The summed E-state index contributed by atoms with van der Waals surface area (Å²) in [5, 5.41) is 5.01. The van der Waals surface area contributed by atoms with E-state index < -0.39 is 0 Å². The first-order valence-electron chi connectivity index (χ1n) is 10.8. The van der Waals surface area contributed by atoms with Gasteiger partial charge >= 0.3 is 0 Å². The molecule has 1 atom stereocenters. The van der Waals surface area contributed by atoms with Crippen molar-refractivity contribution in [1.82, 2.24) is 9.88 Å². The van der Waals surface area contributed by atoms with Crippen LogP contribution in [0.4, 0.5) is 5.69 Å². The number of nitrogens with zero attached hydrogens (tertiary/aromatic N) is 1. The van der Waals surface area contributed by atoms with E-state index >= 15 is 0 Å². The van der Waals surface area contributed by atoms with Crippen molar-refractivity contribution in [2.75, 3.05) is 18.5 Å². The summed E-state index contributed by atoms with van der Waals surface area (Å²) in [5.74, 6) is 0. The summed E-state index contributed by atoms with van der Waals surface area (Å²) in [4.78, 5) is 17.9. The Morgan fingerprint density at radius 1 is 1.16 bits per heavy atom. The lowest BCUT2D eigenvalue weighted by Gasteiger charge is -2.28. The number of aromatic nitrogens is 1. The summed E-state index contributed by atoms with van der Waals surface area (Å²) < 4.78 is 5.86. The number of pyridine rings is 1. The third-order valence-corrected chi connectivity index (χ3v) is 6.16.